The quantitative estimate of drug-likeness (QED) is 0.575. The van der Waals surface area contributed by atoms with Gasteiger partial charge in [0.1, 0.15) is 5.02 Å². The number of nitrogen functional groups attached to an aromatic ring is 1. The first-order valence-corrected chi connectivity index (χ1v) is 5.95. The predicted octanol–water partition coefficient (Wildman–Crippen LogP) is 2.31. The third-order valence-corrected chi connectivity index (χ3v) is 2.65. The molecule has 0 aliphatic heterocycles. The van der Waals surface area contributed by atoms with Gasteiger partial charge < -0.3 is 10.1 Å². The Morgan fingerprint density at radius 1 is 1.42 bits per heavy atom. The molecule has 6 nitrogen and oxygen atoms in total. The second kappa shape index (κ2) is 6.33. The molecule has 1 aromatic carbocycles. The second-order valence-corrected chi connectivity index (χ2v) is 4.20. The zero-order valence-electron chi connectivity index (χ0n) is 10.4. The molecular weight excluding hydrogens is 266 g/mol. The minimum atomic E-state index is 0.292. The van der Waals surface area contributed by atoms with Gasteiger partial charge in [0.2, 0.25) is 5.95 Å². The first-order chi connectivity index (χ1) is 9.22. The van der Waals surface area contributed by atoms with Crippen molar-refractivity contribution < 1.29 is 4.74 Å². The maximum Gasteiger partial charge on any atom is 0.239 e. The highest BCUT2D eigenvalue weighted by Crippen LogP contribution is 2.24. The lowest BCUT2D eigenvalue weighted by atomic mass is 10.2. The zero-order valence-corrected chi connectivity index (χ0v) is 11.1. The second-order valence-electron chi connectivity index (χ2n) is 3.79. The smallest absolute Gasteiger partial charge is 0.239 e. The molecule has 0 saturated heterocycles. The number of ether oxygens (including phenoxy) is 1. The molecule has 7 heteroatoms. The van der Waals surface area contributed by atoms with Gasteiger partial charge in [0.05, 0.1) is 12.8 Å². The van der Waals surface area contributed by atoms with Crippen LogP contribution in [0.15, 0.2) is 30.5 Å². The van der Waals surface area contributed by atoms with E-state index in [1.807, 2.05) is 24.3 Å². The monoisotopic (exact) mass is 279 g/mol. The molecule has 0 radical (unpaired) electrons. The van der Waals surface area contributed by atoms with Crippen LogP contribution in [0.25, 0.3) is 0 Å². The first-order valence-electron chi connectivity index (χ1n) is 5.57. The van der Waals surface area contributed by atoms with Gasteiger partial charge in [-0.05, 0) is 17.7 Å². The zero-order chi connectivity index (χ0) is 13.7. The van der Waals surface area contributed by atoms with E-state index < -0.39 is 0 Å². The summed E-state index contributed by atoms with van der Waals surface area (Å²) in [6, 6.07) is 7.77. The van der Waals surface area contributed by atoms with Gasteiger partial charge >= 0.3 is 0 Å². The SMILES string of the molecule is COCc1cccc(Nc2nc(NN)ncc2Cl)c1. The fraction of sp³-hybridized carbons (Fsp3) is 0.167. The normalized spacial score (nSPS) is 10.3. The van der Waals surface area contributed by atoms with Crippen molar-refractivity contribution in [1.82, 2.24) is 9.97 Å². The lowest BCUT2D eigenvalue weighted by molar-refractivity contribution is 0.185. The van der Waals surface area contributed by atoms with Crippen molar-refractivity contribution in [1.29, 1.82) is 0 Å². The summed E-state index contributed by atoms with van der Waals surface area (Å²) in [4.78, 5) is 8.05. The Hall–Kier alpha value is -1.89. The summed E-state index contributed by atoms with van der Waals surface area (Å²) < 4.78 is 5.09. The summed E-state index contributed by atoms with van der Waals surface area (Å²) >= 11 is 6.02. The molecule has 0 unspecified atom stereocenters. The molecule has 1 heterocycles. The van der Waals surface area contributed by atoms with Gasteiger partial charge in [-0.1, -0.05) is 23.7 Å². The minimum Gasteiger partial charge on any atom is -0.380 e. The van der Waals surface area contributed by atoms with Crippen molar-refractivity contribution in [2.75, 3.05) is 17.9 Å². The number of nitrogens with one attached hydrogen (secondary N) is 2. The van der Waals surface area contributed by atoms with Gasteiger partial charge in [-0.3, -0.25) is 5.43 Å². The topological polar surface area (TPSA) is 85.1 Å². The van der Waals surface area contributed by atoms with Crippen molar-refractivity contribution >= 4 is 29.1 Å². The van der Waals surface area contributed by atoms with Gasteiger partial charge in [-0.2, -0.15) is 4.98 Å². The lowest BCUT2D eigenvalue weighted by Gasteiger charge is -2.09. The largest absolute Gasteiger partial charge is 0.380 e. The minimum absolute atomic E-state index is 0.292. The number of methoxy groups -OCH3 is 1. The summed E-state index contributed by atoms with van der Waals surface area (Å²) in [5.41, 5.74) is 4.28. The Labute approximate surface area is 115 Å². The highest BCUT2D eigenvalue weighted by atomic mass is 35.5. The fourth-order valence-corrected chi connectivity index (χ4v) is 1.70. The van der Waals surface area contributed by atoms with Crippen molar-refractivity contribution in [3.05, 3.63) is 41.0 Å². The van der Waals surface area contributed by atoms with Crippen LogP contribution < -0.4 is 16.6 Å². The Morgan fingerprint density at radius 3 is 3.00 bits per heavy atom. The number of rotatable bonds is 5. The van der Waals surface area contributed by atoms with Crippen LogP contribution in [-0.2, 0) is 11.3 Å². The van der Waals surface area contributed by atoms with E-state index in [4.69, 9.17) is 22.2 Å². The highest BCUT2D eigenvalue weighted by molar-refractivity contribution is 6.32. The molecule has 0 aliphatic carbocycles. The summed E-state index contributed by atoms with van der Waals surface area (Å²) in [6.07, 6.45) is 1.48. The van der Waals surface area contributed by atoms with Gasteiger partial charge in [-0.25, -0.2) is 10.8 Å². The molecule has 0 bridgehead atoms. The number of nitrogens with zero attached hydrogens (tertiary/aromatic N) is 2. The molecule has 0 amide bonds. The Morgan fingerprint density at radius 2 is 2.26 bits per heavy atom. The first kappa shape index (κ1) is 13.5. The van der Waals surface area contributed by atoms with Crippen molar-refractivity contribution in [2.24, 2.45) is 5.84 Å². The van der Waals surface area contributed by atoms with Crippen molar-refractivity contribution in [3.8, 4) is 0 Å². The van der Waals surface area contributed by atoms with E-state index >= 15 is 0 Å². The number of hydrazine groups is 1. The van der Waals surface area contributed by atoms with Crippen LogP contribution in [0.4, 0.5) is 17.5 Å². The molecule has 0 spiro atoms. The van der Waals surface area contributed by atoms with Crippen LogP contribution in [0.3, 0.4) is 0 Å². The Kier molecular flexibility index (Phi) is 4.51. The number of hydrogen-bond donors (Lipinski definition) is 3. The van der Waals surface area contributed by atoms with Gasteiger partial charge in [0.25, 0.3) is 0 Å². The van der Waals surface area contributed by atoms with Crippen molar-refractivity contribution in [3.63, 3.8) is 0 Å². The summed E-state index contributed by atoms with van der Waals surface area (Å²) in [7, 11) is 1.65. The van der Waals surface area contributed by atoms with Crippen LogP contribution in [0.1, 0.15) is 5.56 Å². The fourth-order valence-electron chi connectivity index (χ4n) is 1.57. The van der Waals surface area contributed by atoms with Gasteiger partial charge in [0.15, 0.2) is 5.82 Å². The summed E-state index contributed by atoms with van der Waals surface area (Å²) in [6.45, 7) is 0.544. The lowest BCUT2D eigenvalue weighted by Crippen LogP contribution is -2.11. The summed E-state index contributed by atoms with van der Waals surface area (Å²) in [5, 5.41) is 3.52. The van der Waals surface area contributed by atoms with Gasteiger partial charge in [-0.15, -0.1) is 0 Å². The third-order valence-electron chi connectivity index (χ3n) is 2.37. The van der Waals surface area contributed by atoms with E-state index in [1.165, 1.54) is 6.20 Å². The van der Waals surface area contributed by atoms with Crippen LogP contribution in [0.2, 0.25) is 5.02 Å². The van der Waals surface area contributed by atoms with Crippen LogP contribution in [-0.4, -0.2) is 17.1 Å². The number of nitrogens with two attached hydrogens (primary N) is 1. The maximum atomic E-state index is 6.02. The number of hydrogen-bond acceptors (Lipinski definition) is 6. The van der Waals surface area contributed by atoms with Gasteiger partial charge in [0, 0.05) is 12.8 Å². The average Bonchev–Trinajstić information content (AvgIpc) is 2.42. The van der Waals surface area contributed by atoms with E-state index in [2.05, 4.69) is 20.7 Å². The molecule has 4 N–H and O–H groups in total. The maximum absolute atomic E-state index is 6.02. The molecule has 1 aromatic heterocycles. The Balaban J connectivity index is 2.22. The molecule has 0 fully saturated rings. The third kappa shape index (κ3) is 3.54. The molecule has 0 atom stereocenters. The number of anilines is 3. The summed E-state index contributed by atoms with van der Waals surface area (Å²) in [5.74, 6) is 6.04. The molecule has 0 aliphatic rings. The van der Waals surface area contributed by atoms with Crippen molar-refractivity contribution in [2.45, 2.75) is 6.61 Å². The number of halogens is 1. The molecule has 100 valence electrons. The van der Waals surface area contributed by atoms with E-state index in [0.29, 0.717) is 23.4 Å². The molecule has 0 saturated carbocycles. The average molecular weight is 280 g/mol. The number of benzene rings is 1. The molecule has 19 heavy (non-hydrogen) atoms. The van der Waals surface area contributed by atoms with Crippen LogP contribution >= 0.6 is 11.6 Å². The predicted molar refractivity (Wildman–Crippen MR) is 75.3 cm³/mol. The highest BCUT2D eigenvalue weighted by Gasteiger charge is 2.05. The van der Waals surface area contributed by atoms with Crippen LogP contribution in [0, 0.1) is 0 Å². The number of aromatic nitrogens is 2. The van der Waals surface area contributed by atoms with E-state index in [1.54, 1.807) is 7.11 Å². The van der Waals surface area contributed by atoms with Crippen LogP contribution in [0.5, 0.6) is 0 Å². The van der Waals surface area contributed by atoms with E-state index in [0.717, 1.165) is 11.3 Å². The van der Waals surface area contributed by atoms with E-state index in [-0.39, 0.29) is 0 Å². The molecule has 2 aromatic rings. The Bertz CT molecular complexity index is 564. The van der Waals surface area contributed by atoms with E-state index in [9.17, 15) is 0 Å². The molecule has 2 rings (SSSR count). The standard InChI is InChI=1S/C12H14ClN5O/c1-19-7-8-3-2-4-9(5-8)16-11-10(13)6-15-12(17-11)18-14/h2-6H,7,14H2,1H3,(H2,15,16,17,18). The molecular formula is C12H14ClN5O.